The van der Waals surface area contributed by atoms with Crippen LogP contribution in [-0.2, 0) is 5.67 Å². The minimum atomic E-state index is -7.27. The van der Waals surface area contributed by atoms with E-state index in [-0.39, 0.29) is 16.7 Å². The Bertz CT molecular complexity index is 1220. The summed E-state index contributed by atoms with van der Waals surface area (Å²) in [5.41, 5.74) is -8.15. The van der Waals surface area contributed by atoms with Crippen LogP contribution in [0.2, 0.25) is 0 Å². The summed E-state index contributed by atoms with van der Waals surface area (Å²) in [4.78, 5) is 0. The van der Waals surface area contributed by atoms with E-state index in [0.717, 1.165) is 12.1 Å². The van der Waals surface area contributed by atoms with E-state index < -0.39 is 53.4 Å². The van der Waals surface area contributed by atoms with Crippen molar-refractivity contribution in [1.29, 1.82) is 0 Å². The fourth-order valence-electron chi connectivity index (χ4n) is 4.59. The number of rotatable bonds is 4. The standard InChI is InChI=1S/C25H17F11P/c1-37(16-10-4-2-5-11-16,17-12-6-3-7-13-17)19-15-9-8-14-18(19)20(26)21(27,28)23(31,32)25(35,36)24(33,34)22(20,29)30/h2-15H,1H3/q+1. The Hall–Kier alpha value is -2.68. The van der Waals surface area contributed by atoms with Gasteiger partial charge in [-0.05, 0) is 30.3 Å². The van der Waals surface area contributed by atoms with Crippen LogP contribution in [0, 0.1) is 0 Å². The van der Waals surface area contributed by atoms with E-state index >= 15 is 22.0 Å². The first-order valence-electron chi connectivity index (χ1n) is 10.6. The maximum atomic E-state index is 16.2. The van der Waals surface area contributed by atoms with Crippen molar-refractivity contribution in [2.24, 2.45) is 0 Å². The molecule has 0 atom stereocenters. The summed E-state index contributed by atoms with van der Waals surface area (Å²) in [6.45, 7) is 1.36. The average Bonchev–Trinajstić information content (AvgIpc) is 2.87. The molecule has 0 heterocycles. The van der Waals surface area contributed by atoms with Gasteiger partial charge in [0.05, 0.1) is 6.66 Å². The summed E-state index contributed by atoms with van der Waals surface area (Å²) in [5.74, 6) is -35.5. The zero-order valence-corrected chi connectivity index (χ0v) is 19.6. The van der Waals surface area contributed by atoms with E-state index in [1.807, 2.05) is 0 Å². The fraction of sp³-hybridized carbons (Fsp3) is 0.280. The Balaban J connectivity index is 2.15. The number of hydrogen-bond donors (Lipinski definition) is 0. The maximum Gasteiger partial charge on any atom is 0.384 e. The molecule has 0 amide bonds. The van der Waals surface area contributed by atoms with Crippen molar-refractivity contribution < 1.29 is 48.3 Å². The summed E-state index contributed by atoms with van der Waals surface area (Å²) in [6, 6.07) is 17.7. The first-order valence-corrected chi connectivity index (χ1v) is 12.8. The van der Waals surface area contributed by atoms with Crippen molar-refractivity contribution >= 4 is 23.2 Å². The molecule has 0 spiro atoms. The summed E-state index contributed by atoms with van der Waals surface area (Å²) in [5, 5.41) is -0.182. The van der Waals surface area contributed by atoms with E-state index in [4.69, 9.17) is 0 Å². The highest BCUT2D eigenvalue weighted by molar-refractivity contribution is 7.95. The Labute approximate surface area is 204 Å². The smallest absolute Gasteiger partial charge is 0.224 e. The van der Waals surface area contributed by atoms with Gasteiger partial charge in [0.25, 0.3) is 5.67 Å². The Morgan fingerprint density at radius 2 is 0.757 bits per heavy atom. The van der Waals surface area contributed by atoms with Crippen molar-refractivity contribution in [2.45, 2.75) is 35.3 Å². The third-order valence-electron chi connectivity index (χ3n) is 6.74. The lowest BCUT2D eigenvalue weighted by molar-refractivity contribution is -0.489. The highest BCUT2D eigenvalue weighted by atomic mass is 31.2. The van der Waals surface area contributed by atoms with Crippen molar-refractivity contribution in [3.8, 4) is 0 Å². The molecule has 1 fully saturated rings. The average molecular weight is 557 g/mol. The van der Waals surface area contributed by atoms with Gasteiger partial charge in [-0.1, -0.05) is 54.6 Å². The first-order chi connectivity index (χ1) is 16.9. The van der Waals surface area contributed by atoms with Gasteiger partial charge < -0.3 is 0 Å². The molecule has 0 radical (unpaired) electrons. The molecule has 0 bridgehead atoms. The monoisotopic (exact) mass is 557 g/mol. The van der Waals surface area contributed by atoms with E-state index in [1.54, 1.807) is 12.1 Å². The molecule has 4 rings (SSSR count). The van der Waals surface area contributed by atoms with Crippen LogP contribution in [0.15, 0.2) is 84.9 Å². The SMILES string of the molecule is C[P+](c1ccccc1)(c1ccccc1)c1ccccc1C1(F)C(F)(F)C(F)(F)C(F)(F)C(F)(F)C1(F)F. The van der Waals surface area contributed by atoms with E-state index in [0.29, 0.717) is 6.07 Å². The third kappa shape index (κ3) is 3.12. The topological polar surface area (TPSA) is 0 Å². The lowest BCUT2D eigenvalue weighted by Gasteiger charge is -2.52. The molecule has 0 N–H and O–H groups in total. The Kier molecular flexibility index (Phi) is 6.03. The van der Waals surface area contributed by atoms with Crippen molar-refractivity contribution in [3.05, 3.63) is 90.5 Å². The number of halogens is 11. The zero-order valence-electron chi connectivity index (χ0n) is 18.7. The maximum absolute atomic E-state index is 16.2. The van der Waals surface area contributed by atoms with Gasteiger partial charge in [0, 0.05) is 5.56 Å². The van der Waals surface area contributed by atoms with Crippen molar-refractivity contribution in [2.75, 3.05) is 6.66 Å². The van der Waals surface area contributed by atoms with Crippen LogP contribution >= 0.6 is 7.26 Å². The number of alkyl halides is 11. The van der Waals surface area contributed by atoms with Crippen LogP contribution in [0.3, 0.4) is 0 Å². The van der Waals surface area contributed by atoms with Crippen LogP contribution in [0.25, 0.3) is 0 Å². The molecule has 0 unspecified atom stereocenters. The van der Waals surface area contributed by atoms with Crippen LogP contribution < -0.4 is 15.9 Å². The molecule has 0 saturated heterocycles. The normalized spacial score (nSPS) is 22.8. The predicted octanol–water partition coefficient (Wildman–Crippen LogP) is 6.97. The highest BCUT2D eigenvalue weighted by Gasteiger charge is 3.01. The van der Waals surface area contributed by atoms with Gasteiger partial charge in [-0.25, -0.2) is 4.39 Å². The van der Waals surface area contributed by atoms with Gasteiger partial charge >= 0.3 is 29.6 Å². The molecule has 0 aliphatic heterocycles. The summed E-state index contributed by atoms with van der Waals surface area (Å²) >= 11 is 0. The Morgan fingerprint density at radius 3 is 1.16 bits per heavy atom. The summed E-state index contributed by atoms with van der Waals surface area (Å²) < 4.78 is 161. The molecular formula is C25H17F11P+. The quantitative estimate of drug-likeness (QED) is 0.240. The lowest BCUT2D eigenvalue weighted by atomic mass is 9.69. The second-order valence-electron chi connectivity index (χ2n) is 8.72. The van der Waals surface area contributed by atoms with E-state index in [2.05, 4.69) is 0 Å². The molecular weight excluding hydrogens is 540 g/mol. The second kappa shape index (κ2) is 8.16. The molecule has 1 aliphatic carbocycles. The third-order valence-corrected chi connectivity index (χ3v) is 10.8. The van der Waals surface area contributed by atoms with Crippen LogP contribution in [0.1, 0.15) is 5.56 Å². The van der Waals surface area contributed by atoms with Crippen molar-refractivity contribution in [3.63, 3.8) is 0 Å². The number of hydrogen-bond acceptors (Lipinski definition) is 0. The molecule has 1 saturated carbocycles. The van der Waals surface area contributed by atoms with Gasteiger partial charge in [-0.15, -0.1) is 0 Å². The lowest BCUT2D eigenvalue weighted by Crippen LogP contribution is -2.82. The van der Waals surface area contributed by atoms with Crippen molar-refractivity contribution in [1.82, 2.24) is 0 Å². The van der Waals surface area contributed by atoms with Crippen LogP contribution in [0.5, 0.6) is 0 Å². The number of benzene rings is 3. The van der Waals surface area contributed by atoms with Gasteiger partial charge in [-0.3, -0.25) is 0 Å². The van der Waals surface area contributed by atoms with Gasteiger partial charge in [0.2, 0.25) is 0 Å². The first kappa shape index (κ1) is 27.4. The fourth-order valence-corrected chi connectivity index (χ4v) is 8.08. The molecule has 37 heavy (non-hydrogen) atoms. The minimum absolute atomic E-state index is 0.233. The molecule has 3 aromatic carbocycles. The van der Waals surface area contributed by atoms with Crippen LogP contribution in [-0.4, -0.2) is 36.3 Å². The summed E-state index contributed by atoms with van der Waals surface area (Å²) in [6.07, 6.45) is 0. The second-order valence-corrected chi connectivity index (χ2v) is 12.3. The molecule has 0 nitrogen and oxygen atoms in total. The van der Waals surface area contributed by atoms with Gasteiger partial charge in [0.15, 0.2) is 0 Å². The zero-order chi connectivity index (χ0) is 27.7. The molecule has 1 aliphatic rings. The predicted molar refractivity (Wildman–Crippen MR) is 119 cm³/mol. The van der Waals surface area contributed by atoms with E-state index in [1.165, 1.54) is 55.2 Å². The van der Waals surface area contributed by atoms with E-state index in [9.17, 15) is 26.3 Å². The molecule has 0 aromatic heterocycles. The Morgan fingerprint density at radius 1 is 0.432 bits per heavy atom. The molecule has 198 valence electrons. The summed E-state index contributed by atoms with van der Waals surface area (Å²) in [7, 11) is -3.49. The molecule has 12 heteroatoms. The van der Waals surface area contributed by atoms with Crippen LogP contribution in [0.4, 0.5) is 48.3 Å². The van der Waals surface area contributed by atoms with Gasteiger partial charge in [-0.2, -0.15) is 43.9 Å². The minimum Gasteiger partial charge on any atom is -0.224 e. The van der Waals surface area contributed by atoms with Gasteiger partial charge in [0.1, 0.15) is 23.2 Å². The molecule has 3 aromatic rings. The highest BCUT2D eigenvalue weighted by Crippen LogP contribution is 2.73. The largest absolute Gasteiger partial charge is 0.384 e.